The van der Waals surface area contributed by atoms with E-state index in [1.807, 2.05) is 12.1 Å². The number of rotatable bonds is 9. The number of fused-ring (bicyclic) bond motifs is 2. The molecule has 3 nitrogen and oxygen atoms in total. The molecule has 1 N–H and O–H groups in total. The minimum Gasteiger partial charge on any atom is -0.463 e. The van der Waals surface area contributed by atoms with Crippen LogP contribution >= 0.6 is 0 Å². The van der Waals surface area contributed by atoms with Crippen LogP contribution in [0.4, 0.5) is 0 Å². The third-order valence-electron chi connectivity index (χ3n) is 5.90. The van der Waals surface area contributed by atoms with Crippen LogP contribution in [0.5, 0.6) is 0 Å². The maximum atomic E-state index is 12.7. The minimum absolute atomic E-state index is 0.0686. The van der Waals surface area contributed by atoms with Crippen LogP contribution in [0.3, 0.4) is 0 Å². The standard InChI is InChI=1S/C27H28O3/c28-17-7-1-2-8-18-30-27(29)19-26(24-15-13-20-9-3-5-11-22(20)24)25-16-14-21-10-4-6-12-23(21)25/h3-6,9-16,19,24-25,28H,1-2,7-8,17-18H2. The molecular formula is C27H28O3. The zero-order valence-corrected chi connectivity index (χ0v) is 17.2. The summed E-state index contributed by atoms with van der Waals surface area (Å²) < 4.78 is 5.52. The number of aliphatic hydroxyl groups is 1. The fraction of sp³-hybridized carbons (Fsp3) is 0.296. The molecule has 0 fully saturated rings. The molecule has 3 heteroatoms. The summed E-state index contributed by atoms with van der Waals surface area (Å²) in [4.78, 5) is 12.7. The molecule has 2 aliphatic rings. The third-order valence-corrected chi connectivity index (χ3v) is 5.90. The molecule has 30 heavy (non-hydrogen) atoms. The Morgan fingerprint density at radius 1 is 0.833 bits per heavy atom. The van der Waals surface area contributed by atoms with E-state index in [1.165, 1.54) is 22.3 Å². The van der Waals surface area contributed by atoms with Crippen LogP contribution in [0.2, 0.25) is 0 Å². The van der Waals surface area contributed by atoms with Gasteiger partial charge in [0, 0.05) is 24.5 Å². The van der Waals surface area contributed by atoms with E-state index < -0.39 is 0 Å². The largest absolute Gasteiger partial charge is 0.463 e. The van der Waals surface area contributed by atoms with E-state index in [1.54, 1.807) is 6.08 Å². The summed E-state index contributed by atoms with van der Waals surface area (Å²) in [7, 11) is 0. The zero-order chi connectivity index (χ0) is 20.8. The van der Waals surface area contributed by atoms with Gasteiger partial charge in [-0.25, -0.2) is 4.79 Å². The van der Waals surface area contributed by atoms with E-state index >= 15 is 0 Å². The minimum atomic E-state index is -0.275. The topological polar surface area (TPSA) is 46.5 Å². The lowest BCUT2D eigenvalue weighted by molar-refractivity contribution is -0.137. The highest BCUT2D eigenvalue weighted by molar-refractivity contribution is 5.85. The molecule has 2 atom stereocenters. The van der Waals surface area contributed by atoms with Crippen molar-refractivity contribution in [2.75, 3.05) is 13.2 Å². The average Bonchev–Trinajstić information content (AvgIpc) is 3.39. The molecule has 4 rings (SSSR count). The molecule has 0 saturated heterocycles. The van der Waals surface area contributed by atoms with Gasteiger partial charge in [-0.3, -0.25) is 0 Å². The maximum Gasteiger partial charge on any atom is 0.330 e. The van der Waals surface area contributed by atoms with Gasteiger partial charge in [-0.15, -0.1) is 0 Å². The molecule has 0 amide bonds. The van der Waals surface area contributed by atoms with E-state index in [0.29, 0.717) is 6.61 Å². The van der Waals surface area contributed by atoms with Crippen LogP contribution in [-0.4, -0.2) is 24.3 Å². The second-order valence-corrected chi connectivity index (χ2v) is 7.88. The van der Waals surface area contributed by atoms with Crippen molar-refractivity contribution in [3.05, 3.63) is 94.6 Å². The summed E-state index contributed by atoms with van der Waals surface area (Å²) in [5, 5.41) is 8.85. The maximum absolute atomic E-state index is 12.7. The first kappa shape index (κ1) is 20.4. The van der Waals surface area contributed by atoms with Crippen LogP contribution < -0.4 is 0 Å². The van der Waals surface area contributed by atoms with Crippen molar-refractivity contribution in [2.24, 2.45) is 0 Å². The highest BCUT2D eigenvalue weighted by Gasteiger charge is 2.30. The number of hydrogen-bond acceptors (Lipinski definition) is 3. The molecule has 2 aromatic carbocycles. The SMILES string of the molecule is O=C(C=C(C1C=Cc2ccccc21)C1C=Cc2ccccc21)OCCCCCCO. The van der Waals surface area contributed by atoms with Gasteiger partial charge in [-0.05, 0) is 47.1 Å². The number of esters is 1. The van der Waals surface area contributed by atoms with Crippen LogP contribution in [0, 0.1) is 0 Å². The number of hydrogen-bond donors (Lipinski definition) is 1. The number of carbonyl (C=O) groups is 1. The van der Waals surface area contributed by atoms with Crippen molar-refractivity contribution >= 4 is 18.1 Å². The van der Waals surface area contributed by atoms with Crippen LogP contribution in [0.15, 0.2) is 72.3 Å². The smallest absolute Gasteiger partial charge is 0.330 e. The van der Waals surface area contributed by atoms with E-state index in [2.05, 4.69) is 60.7 Å². The number of aliphatic hydroxyl groups excluding tert-OH is 1. The van der Waals surface area contributed by atoms with Crippen molar-refractivity contribution in [1.29, 1.82) is 0 Å². The normalized spacial score (nSPS) is 18.2. The predicted octanol–water partition coefficient (Wildman–Crippen LogP) is 5.63. The summed E-state index contributed by atoms with van der Waals surface area (Å²) >= 11 is 0. The van der Waals surface area contributed by atoms with Gasteiger partial charge >= 0.3 is 5.97 Å². The van der Waals surface area contributed by atoms with Crippen LogP contribution in [0.25, 0.3) is 12.2 Å². The lowest BCUT2D eigenvalue weighted by Crippen LogP contribution is -2.11. The van der Waals surface area contributed by atoms with Gasteiger partial charge in [0.05, 0.1) is 6.61 Å². The van der Waals surface area contributed by atoms with Gasteiger partial charge in [0.2, 0.25) is 0 Å². The molecule has 0 bridgehead atoms. The Kier molecular flexibility index (Phi) is 6.60. The molecule has 0 radical (unpaired) electrons. The Morgan fingerprint density at radius 2 is 1.40 bits per heavy atom. The number of allylic oxidation sites excluding steroid dienone is 3. The molecule has 0 spiro atoms. The zero-order valence-electron chi connectivity index (χ0n) is 17.2. The van der Waals surface area contributed by atoms with E-state index in [0.717, 1.165) is 31.3 Å². The van der Waals surface area contributed by atoms with Gasteiger partial charge in [0.1, 0.15) is 0 Å². The number of unbranched alkanes of at least 4 members (excludes halogenated alkanes) is 3. The molecule has 0 heterocycles. The first-order valence-corrected chi connectivity index (χ1v) is 10.8. The van der Waals surface area contributed by atoms with Crippen molar-refractivity contribution in [1.82, 2.24) is 0 Å². The number of benzene rings is 2. The molecular weight excluding hydrogens is 372 g/mol. The van der Waals surface area contributed by atoms with Gasteiger partial charge < -0.3 is 9.84 Å². The Bertz CT molecular complexity index is 920. The third kappa shape index (κ3) is 4.47. The quantitative estimate of drug-likeness (QED) is 0.337. The summed E-state index contributed by atoms with van der Waals surface area (Å²) in [6, 6.07) is 16.7. The van der Waals surface area contributed by atoms with Crippen molar-refractivity contribution in [2.45, 2.75) is 37.5 Å². The lowest BCUT2D eigenvalue weighted by atomic mass is 9.81. The highest BCUT2D eigenvalue weighted by atomic mass is 16.5. The van der Waals surface area contributed by atoms with E-state index in [4.69, 9.17) is 9.84 Å². The van der Waals surface area contributed by atoms with E-state index in [9.17, 15) is 4.79 Å². The Balaban J connectivity index is 1.55. The van der Waals surface area contributed by atoms with Gasteiger partial charge in [-0.1, -0.05) is 79.3 Å². The fourth-order valence-corrected chi connectivity index (χ4v) is 4.37. The summed E-state index contributed by atoms with van der Waals surface area (Å²) in [6.07, 6.45) is 13.9. The van der Waals surface area contributed by atoms with Crippen LogP contribution in [0.1, 0.15) is 59.8 Å². The first-order valence-electron chi connectivity index (χ1n) is 10.8. The number of carbonyl (C=O) groups excluding carboxylic acids is 1. The number of ether oxygens (including phenoxy) is 1. The fourth-order valence-electron chi connectivity index (χ4n) is 4.37. The first-order chi connectivity index (χ1) is 14.8. The second kappa shape index (κ2) is 9.73. The molecule has 2 aromatic rings. The monoisotopic (exact) mass is 400 g/mol. The van der Waals surface area contributed by atoms with E-state index in [-0.39, 0.29) is 24.4 Å². The van der Waals surface area contributed by atoms with Crippen molar-refractivity contribution < 1.29 is 14.6 Å². The van der Waals surface area contributed by atoms with Crippen molar-refractivity contribution in [3.63, 3.8) is 0 Å². The second-order valence-electron chi connectivity index (χ2n) is 7.88. The molecule has 2 aliphatic carbocycles. The molecule has 0 saturated carbocycles. The van der Waals surface area contributed by atoms with Crippen LogP contribution in [-0.2, 0) is 9.53 Å². The molecule has 154 valence electrons. The van der Waals surface area contributed by atoms with Gasteiger partial charge in [0.25, 0.3) is 0 Å². The van der Waals surface area contributed by atoms with Crippen molar-refractivity contribution in [3.8, 4) is 0 Å². The Labute approximate surface area is 178 Å². The summed E-state index contributed by atoms with van der Waals surface area (Å²) in [6.45, 7) is 0.640. The summed E-state index contributed by atoms with van der Waals surface area (Å²) in [5.41, 5.74) is 5.95. The Morgan fingerprint density at radius 3 is 2.00 bits per heavy atom. The molecule has 2 unspecified atom stereocenters. The van der Waals surface area contributed by atoms with Gasteiger partial charge in [-0.2, -0.15) is 0 Å². The Hall–Kier alpha value is -2.91. The highest BCUT2D eigenvalue weighted by Crippen LogP contribution is 2.45. The van der Waals surface area contributed by atoms with Gasteiger partial charge in [0.15, 0.2) is 0 Å². The molecule has 0 aromatic heterocycles. The lowest BCUT2D eigenvalue weighted by Gasteiger charge is -2.22. The molecule has 0 aliphatic heterocycles. The average molecular weight is 401 g/mol. The predicted molar refractivity (Wildman–Crippen MR) is 121 cm³/mol. The summed E-state index contributed by atoms with van der Waals surface area (Å²) in [5.74, 6) is -0.138.